The first-order valence-electron chi connectivity index (χ1n) is 7.81. The monoisotopic (exact) mass is 307 g/mol. The molecule has 1 atom stereocenters. The first-order chi connectivity index (χ1) is 10.2. The summed E-state index contributed by atoms with van der Waals surface area (Å²) in [5, 5.41) is 12.4. The predicted octanol–water partition coefficient (Wildman–Crippen LogP) is 3.15. The Morgan fingerprint density at radius 1 is 1.18 bits per heavy atom. The molecule has 124 valence electrons. The first-order valence-corrected chi connectivity index (χ1v) is 7.81. The van der Waals surface area contributed by atoms with Crippen molar-refractivity contribution in [3.8, 4) is 0 Å². The fourth-order valence-electron chi connectivity index (χ4n) is 2.11. The minimum Gasteiger partial charge on any atom is -0.392 e. The van der Waals surface area contributed by atoms with Gasteiger partial charge >= 0.3 is 6.03 Å². The Morgan fingerprint density at radius 3 is 2.32 bits per heavy atom. The second-order valence-electron chi connectivity index (χ2n) is 6.28. The van der Waals surface area contributed by atoms with Crippen molar-refractivity contribution in [1.29, 1.82) is 0 Å². The Hall–Kier alpha value is -1.75. The van der Waals surface area contributed by atoms with E-state index in [1.807, 2.05) is 45.2 Å². The SMILES string of the molecule is CC(O)CN(C(=O)Nc1cccc(N(C)C(C)C)c1)C(C)C. The molecule has 0 aliphatic carbocycles. The van der Waals surface area contributed by atoms with E-state index in [0.717, 1.165) is 11.4 Å². The van der Waals surface area contributed by atoms with E-state index in [1.54, 1.807) is 11.8 Å². The van der Waals surface area contributed by atoms with Gasteiger partial charge in [-0.2, -0.15) is 0 Å². The van der Waals surface area contributed by atoms with E-state index in [0.29, 0.717) is 12.6 Å². The number of urea groups is 1. The van der Waals surface area contributed by atoms with Crippen molar-refractivity contribution in [3.05, 3.63) is 24.3 Å². The molecule has 0 saturated carbocycles. The summed E-state index contributed by atoms with van der Waals surface area (Å²) in [6, 6.07) is 7.99. The number of hydrogen-bond acceptors (Lipinski definition) is 3. The summed E-state index contributed by atoms with van der Waals surface area (Å²) in [5.74, 6) is 0. The maximum absolute atomic E-state index is 12.4. The molecule has 1 aromatic rings. The van der Waals surface area contributed by atoms with E-state index in [-0.39, 0.29) is 12.1 Å². The topological polar surface area (TPSA) is 55.8 Å². The Morgan fingerprint density at radius 2 is 1.82 bits per heavy atom. The lowest BCUT2D eigenvalue weighted by atomic mass is 10.2. The van der Waals surface area contributed by atoms with Gasteiger partial charge in [-0.05, 0) is 52.8 Å². The second-order valence-corrected chi connectivity index (χ2v) is 6.28. The highest BCUT2D eigenvalue weighted by Gasteiger charge is 2.19. The number of nitrogens with one attached hydrogen (secondary N) is 1. The first kappa shape index (κ1) is 18.3. The maximum atomic E-state index is 12.4. The lowest BCUT2D eigenvalue weighted by Gasteiger charge is -2.28. The van der Waals surface area contributed by atoms with Crippen molar-refractivity contribution in [2.45, 2.75) is 52.8 Å². The number of carbonyl (C=O) groups excluding carboxylic acids is 1. The minimum atomic E-state index is -0.549. The number of hydrogen-bond donors (Lipinski definition) is 2. The molecule has 2 amide bonds. The van der Waals surface area contributed by atoms with Crippen LogP contribution in [0.25, 0.3) is 0 Å². The molecular formula is C17H29N3O2. The molecule has 0 saturated heterocycles. The maximum Gasteiger partial charge on any atom is 0.322 e. The fourth-order valence-corrected chi connectivity index (χ4v) is 2.11. The van der Waals surface area contributed by atoms with Crippen LogP contribution in [0.4, 0.5) is 16.2 Å². The van der Waals surface area contributed by atoms with E-state index in [9.17, 15) is 9.90 Å². The smallest absolute Gasteiger partial charge is 0.322 e. The van der Waals surface area contributed by atoms with Gasteiger partial charge < -0.3 is 20.2 Å². The number of carbonyl (C=O) groups is 1. The van der Waals surface area contributed by atoms with Crippen LogP contribution < -0.4 is 10.2 Å². The quantitative estimate of drug-likeness (QED) is 0.849. The van der Waals surface area contributed by atoms with E-state index < -0.39 is 6.10 Å². The molecule has 0 aliphatic heterocycles. The molecule has 0 bridgehead atoms. The van der Waals surface area contributed by atoms with Gasteiger partial charge in [-0.25, -0.2) is 4.79 Å². The average Bonchev–Trinajstić information content (AvgIpc) is 2.43. The zero-order valence-electron chi connectivity index (χ0n) is 14.5. The van der Waals surface area contributed by atoms with Crippen LogP contribution in [0.5, 0.6) is 0 Å². The lowest BCUT2D eigenvalue weighted by Crippen LogP contribution is -2.43. The number of rotatable bonds is 6. The molecular weight excluding hydrogens is 278 g/mol. The largest absolute Gasteiger partial charge is 0.392 e. The molecule has 0 heterocycles. The molecule has 0 aliphatic rings. The molecule has 22 heavy (non-hydrogen) atoms. The van der Waals surface area contributed by atoms with Crippen LogP contribution in [0.15, 0.2) is 24.3 Å². The third kappa shape index (κ3) is 5.22. The van der Waals surface area contributed by atoms with Crippen molar-refractivity contribution < 1.29 is 9.90 Å². The molecule has 1 unspecified atom stereocenters. The summed E-state index contributed by atoms with van der Waals surface area (Å²) >= 11 is 0. The highest BCUT2D eigenvalue weighted by atomic mass is 16.3. The van der Waals surface area contributed by atoms with E-state index >= 15 is 0 Å². The number of amides is 2. The molecule has 1 rings (SSSR count). The van der Waals surface area contributed by atoms with E-state index in [2.05, 4.69) is 24.1 Å². The van der Waals surface area contributed by atoms with Crippen molar-refractivity contribution >= 4 is 17.4 Å². The number of benzene rings is 1. The van der Waals surface area contributed by atoms with Crippen LogP contribution in [0.1, 0.15) is 34.6 Å². The summed E-state index contributed by atoms with van der Waals surface area (Å²) in [4.78, 5) is 16.2. The van der Waals surface area contributed by atoms with Gasteiger partial charge in [0.05, 0.1) is 6.10 Å². The number of anilines is 2. The highest BCUT2D eigenvalue weighted by molar-refractivity contribution is 5.90. The molecule has 5 nitrogen and oxygen atoms in total. The Bertz CT molecular complexity index is 487. The van der Waals surface area contributed by atoms with Gasteiger partial charge in [-0.15, -0.1) is 0 Å². The van der Waals surface area contributed by atoms with Gasteiger partial charge in [0, 0.05) is 37.1 Å². The van der Waals surface area contributed by atoms with Crippen LogP contribution in [0, 0.1) is 0 Å². The van der Waals surface area contributed by atoms with Gasteiger partial charge in [-0.1, -0.05) is 6.07 Å². The Labute approximate surface area is 133 Å². The predicted molar refractivity (Wildman–Crippen MR) is 92.5 cm³/mol. The molecule has 2 N–H and O–H groups in total. The third-order valence-electron chi connectivity index (χ3n) is 3.62. The van der Waals surface area contributed by atoms with Crippen LogP contribution in [-0.4, -0.2) is 47.8 Å². The van der Waals surface area contributed by atoms with E-state index in [4.69, 9.17) is 0 Å². The number of aliphatic hydroxyl groups excluding tert-OH is 1. The summed E-state index contributed by atoms with van der Waals surface area (Å²) in [6.45, 7) is 10.1. The van der Waals surface area contributed by atoms with Crippen LogP contribution in [0.2, 0.25) is 0 Å². The molecule has 0 fully saturated rings. The van der Waals surface area contributed by atoms with Gasteiger partial charge in [0.25, 0.3) is 0 Å². The third-order valence-corrected chi connectivity index (χ3v) is 3.62. The van der Waals surface area contributed by atoms with Crippen molar-refractivity contribution in [2.75, 3.05) is 23.8 Å². The standard InChI is InChI=1S/C17H29N3O2/c1-12(2)19(6)16-9-7-8-15(10-16)18-17(22)20(13(3)4)11-14(5)21/h7-10,12-14,21H,11H2,1-6H3,(H,18,22). The minimum absolute atomic E-state index is 0.0242. The van der Waals surface area contributed by atoms with Crippen molar-refractivity contribution in [2.24, 2.45) is 0 Å². The van der Waals surface area contributed by atoms with Gasteiger partial charge in [0.2, 0.25) is 0 Å². The fraction of sp³-hybridized carbons (Fsp3) is 0.588. The Balaban J connectivity index is 2.85. The highest BCUT2D eigenvalue weighted by Crippen LogP contribution is 2.20. The van der Waals surface area contributed by atoms with Crippen LogP contribution >= 0.6 is 0 Å². The normalized spacial score (nSPS) is 12.4. The molecule has 0 radical (unpaired) electrons. The van der Waals surface area contributed by atoms with E-state index in [1.165, 1.54) is 0 Å². The second kappa shape index (κ2) is 8.03. The number of aliphatic hydroxyl groups is 1. The molecule has 0 spiro atoms. The average molecular weight is 307 g/mol. The zero-order valence-corrected chi connectivity index (χ0v) is 14.5. The van der Waals surface area contributed by atoms with Crippen LogP contribution in [-0.2, 0) is 0 Å². The zero-order chi connectivity index (χ0) is 16.9. The van der Waals surface area contributed by atoms with Crippen molar-refractivity contribution in [3.63, 3.8) is 0 Å². The van der Waals surface area contributed by atoms with Gasteiger partial charge in [-0.3, -0.25) is 0 Å². The number of nitrogens with zero attached hydrogens (tertiary/aromatic N) is 2. The molecule has 1 aromatic carbocycles. The lowest BCUT2D eigenvalue weighted by molar-refractivity contribution is 0.125. The van der Waals surface area contributed by atoms with Gasteiger partial charge in [0.1, 0.15) is 0 Å². The molecule has 0 aromatic heterocycles. The summed E-state index contributed by atoms with van der Waals surface area (Å²) in [7, 11) is 2.03. The summed E-state index contributed by atoms with van der Waals surface area (Å²) < 4.78 is 0. The van der Waals surface area contributed by atoms with Gasteiger partial charge in [0.15, 0.2) is 0 Å². The van der Waals surface area contributed by atoms with Crippen LogP contribution in [0.3, 0.4) is 0 Å². The van der Waals surface area contributed by atoms with Crippen molar-refractivity contribution in [1.82, 2.24) is 4.90 Å². The summed E-state index contributed by atoms with van der Waals surface area (Å²) in [5.41, 5.74) is 1.81. The Kier molecular flexibility index (Phi) is 6.68. The molecule has 5 heteroatoms. The summed E-state index contributed by atoms with van der Waals surface area (Å²) in [6.07, 6.45) is -0.549.